The lowest BCUT2D eigenvalue weighted by Crippen LogP contribution is -1.66. The summed E-state index contributed by atoms with van der Waals surface area (Å²) >= 11 is 1.67. The van der Waals surface area contributed by atoms with Crippen molar-refractivity contribution >= 4 is 21.6 Å². The molecule has 0 aromatic carbocycles. The van der Waals surface area contributed by atoms with Crippen LogP contribution in [-0.4, -0.2) is 4.98 Å². The minimum atomic E-state index is 0.975. The zero-order chi connectivity index (χ0) is 6.10. The second kappa shape index (κ2) is 1.81. The first-order chi connectivity index (χ1) is 4.47. The fraction of sp³-hybridized carbons (Fsp3) is 0. The molecule has 0 aliphatic rings. The number of fused-ring (bicyclic) bond motifs is 1. The van der Waals surface area contributed by atoms with Gasteiger partial charge in [-0.15, -0.1) is 11.3 Å². The lowest BCUT2D eigenvalue weighted by molar-refractivity contribution is 1.43. The second-order valence-electron chi connectivity index (χ2n) is 1.73. The van der Waals surface area contributed by atoms with E-state index in [0.29, 0.717) is 0 Å². The molecule has 1 nitrogen and oxygen atoms in total. The van der Waals surface area contributed by atoms with Gasteiger partial charge in [-0.05, 0) is 12.1 Å². The van der Waals surface area contributed by atoms with Crippen LogP contribution in [0.3, 0.4) is 0 Å². The minimum Gasteiger partial charge on any atom is -0.255 e. The third-order valence-corrected chi connectivity index (χ3v) is 1.97. The summed E-state index contributed by atoms with van der Waals surface area (Å²) < 4.78 is 1.21. The third-order valence-electron chi connectivity index (χ3n) is 1.15. The van der Waals surface area contributed by atoms with Crippen LogP contribution in [0.25, 0.3) is 10.2 Å². The van der Waals surface area contributed by atoms with Gasteiger partial charge in [0.1, 0.15) is 0 Å². The highest BCUT2D eigenvalue weighted by molar-refractivity contribution is 7.17. The summed E-state index contributed by atoms with van der Waals surface area (Å²) in [6, 6.07) is 7.01. The molecular weight excluding hydrogens is 130 g/mol. The predicted molar refractivity (Wildman–Crippen MR) is 38.5 cm³/mol. The average Bonchev–Trinajstić information content (AvgIpc) is 2.33. The van der Waals surface area contributed by atoms with Gasteiger partial charge in [0.25, 0.3) is 0 Å². The molecule has 2 rings (SSSR count). The molecule has 0 fully saturated rings. The first kappa shape index (κ1) is 4.94. The largest absolute Gasteiger partial charge is 0.255 e. The van der Waals surface area contributed by atoms with Crippen molar-refractivity contribution in [2.24, 2.45) is 0 Å². The standard InChI is InChI=1S/C7H4NS/c1-2-7-6(8-4-1)3-5-9-7/h1-2,4-5H. The number of pyridine rings is 1. The summed E-state index contributed by atoms with van der Waals surface area (Å²) in [5, 5.41) is 1.93. The summed E-state index contributed by atoms with van der Waals surface area (Å²) in [7, 11) is 0. The Kier molecular flexibility index (Phi) is 0.993. The molecule has 1 radical (unpaired) electrons. The van der Waals surface area contributed by atoms with Gasteiger partial charge >= 0.3 is 0 Å². The van der Waals surface area contributed by atoms with Crippen LogP contribution < -0.4 is 0 Å². The topological polar surface area (TPSA) is 12.9 Å². The molecule has 2 aromatic heterocycles. The summed E-state index contributed by atoms with van der Waals surface area (Å²) in [4.78, 5) is 4.10. The zero-order valence-corrected chi connectivity index (χ0v) is 5.48. The first-order valence-corrected chi connectivity index (χ1v) is 3.55. The number of rotatable bonds is 0. The molecule has 0 atom stereocenters. The summed E-state index contributed by atoms with van der Waals surface area (Å²) in [5.74, 6) is 0. The van der Waals surface area contributed by atoms with Gasteiger partial charge in [-0.3, -0.25) is 4.98 Å². The highest BCUT2D eigenvalue weighted by Gasteiger charge is 1.90. The molecule has 0 saturated heterocycles. The molecule has 2 heteroatoms. The van der Waals surface area contributed by atoms with Crippen LogP contribution in [0.5, 0.6) is 0 Å². The Balaban J connectivity index is 2.95. The van der Waals surface area contributed by atoms with Crippen LogP contribution in [-0.2, 0) is 0 Å². The van der Waals surface area contributed by atoms with Crippen LogP contribution in [0.1, 0.15) is 0 Å². The maximum absolute atomic E-state index is 4.10. The molecular formula is C7H4NS. The Labute approximate surface area is 57.0 Å². The summed E-state index contributed by atoms with van der Waals surface area (Å²) in [6.07, 6.45) is 1.78. The van der Waals surface area contributed by atoms with Crippen molar-refractivity contribution < 1.29 is 0 Å². The van der Waals surface area contributed by atoms with Crippen molar-refractivity contribution in [2.45, 2.75) is 0 Å². The van der Waals surface area contributed by atoms with Gasteiger partial charge in [-0.25, -0.2) is 0 Å². The Bertz CT molecular complexity index is 283. The van der Waals surface area contributed by atoms with Crippen molar-refractivity contribution in [1.82, 2.24) is 4.98 Å². The van der Waals surface area contributed by atoms with Crippen LogP contribution >= 0.6 is 11.3 Å². The molecule has 0 unspecified atom stereocenters. The summed E-state index contributed by atoms with van der Waals surface area (Å²) in [5.41, 5.74) is 0.975. The van der Waals surface area contributed by atoms with Crippen LogP contribution in [0.4, 0.5) is 0 Å². The van der Waals surface area contributed by atoms with Gasteiger partial charge in [0, 0.05) is 17.6 Å². The van der Waals surface area contributed by atoms with E-state index in [1.807, 2.05) is 17.5 Å². The fourth-order valence-electron chi connectivity index (χ4n) is 0.743. The number of hydrogen-bond acceptors (Lipinski definition) is 2. The lowest BCUT2D eigenvalue weighted by Gasteiger charge is -1.81. The number of hydrogen-bond donors (Lipinski definition) is 0. The van der Waals surface area contributed by atoms with E-state index in [2.05, 4.69) is 11.1 Å². The Morgan fingerprint density at radius 1 is 1.56 bits per heavy atom. The van der Waals surface area contributed by atoms with Gasteiger partial charge in [-0.1, -0.05) is 0 Å². The van der Waals surface area contributed by atoms with Gasteiger partial charge < -0.3 is 0 Å². The van der Waals surface area contributed by atoms with E-state index in [1.165, 1.54) is 4.70 Å². The van der Waals surface area contributed by atoms with E-state index in [0.717, 1.165) is 5.52 Å². The SMILES string of the molecule is [c]1csc2cccnc12. The van der Waals surface area contributed by atoms with Crippen molar-refractivity contribution in [1.29, 1.82) is 0 Å². The van der Waals surface area contributed by atoms with Gasteiger partial charge in [0.05, 0.1) is 10.2 Å². The first-order valence-electron chi connectivity index (χ1n) is 2.67. The highest BCUT2D eigenvalue weighted by Crippen LogP contribution is 2.15. The average molecular weight is 134 g/mol. The van der Waals surface area contributed by atoms with Crippen molar-refractivity contribution in [3.63, 3.8) is 0 Å². The van der Waals surface area contributed by atoms with E-state index in [1.54, 1.807) is 17.5 Å². The molecule has 9 heavy (non-hydrogen) atoms. The van der Waals surface area contributed by atoms with Crippen LogP contribution in [0, 0.1) is 6.07 Å². The normalized spacial score (nSPS) is 10.2. The van der Waals surface area contributed by atoms with Gasteiger partial charge in [0.15, 0.2) is 0 Å². The van der Waals surface area contributed by atoms with Crippen molar-refractivity contribution in [3.05, 3.63) is 29.8 Å². The predicted octanol–water partition coefficient (Wildman–Crippen LogP) is 2.10. The van der Waals surface area contributed by atoms with E-state index in [-0.39, 0.29) is 0 Å². The maximum Gasteiger partial charge on any atom is 0.0889 e. The number of nitrogens with zero attached hydrogens (tertiary/aromatic N) is 1. The van der Waals surface area contributed by atoms with E-state index in [9.17, 15) is 0 Å². The molecule has 0 spiro atoms. The Morgan fingerprint density at radius 3 is 3.44 bits per heavy atom. The third kappa shape index (κ3) is 0.715. The van der Waals surface area contributed by atoms with Crippen LogP contribution in [0.2, 0.25) is 0 Å². The molecule has 2 heterocycles. The van der Waals surface area contributed by atoms with Crippen molar-refractivity contribution in [3.8, 4) is 0 Å². The lowest BCUT2D eigenvalue weighted by atomic mass is 10.4. The second-order valence-corrected chi connectivity index (χ2v) is 2.64. The van der Waals surface area contributed by atoms with E-state index < -0.39 is 0 Å². The van der Waals surface area contributed by atoms with Crippen molar-refractivity contribution in [2.75, 3.05) is 0 Å². The molecule has 0 aliphatic carbocycles. The minimum absolute atomic E-state index is 0.975. The Hall–Kier alpha value is -0.890. The Morgan fingerprint density at radius 2 is 2.56 bits per heavy atom. The number of aromatic nitrogens is 1. The van der Waals surface area contributed by atoms with Gasteiger partial charge in [-0.2, -0.15) is 0 Å². The molecule has 0 amide bonds. The van der Waals surface area contributed by atoms with E-state index >= 15 is 0 Å². The summed E-state index contributed by atoms with van der Waals surface area (Å²) in [6.45, 7) is 0. The van der Waals surface area contributed by atoms with Crippen LogP contribution in [0.15, 0.2) is 23.7 Å². The molecule has 0 bridgehead atoms. The van der Waals surface area contributed by atoms with Gasteiger partial charge in [0.2, 0.25) is 0 Å². The fourth-order valence-corrected chi connectivity index (χ4v) is 1.42. The molecule has 2 aromatic rings. The quantitative estimate of drug-likeness (QED) is 0.537. The highest BCUT2D eigenvalue weighted by atomic mass is 32.1. The monoisotopic (exact) mass is 134 g/mol. The molecule has 0 N–H and O–H groups in total. The molecule has 0 aliphatic heterocycles. The molecule has 0 saturated carbocycles. The molecule has 43 valence electrons. The smallest absolute Gasteiger partial charge is 0.0889 e. The maximum atomic E-state index is 4.10. The van der Waals surface area contributed by atoms with E-state index in [4.69, 9.17) is 0 Å². The zero-order valence-electron chi connectivity index (χ0n) is 4.66. The number of thiophene rings is 1.